The van der Waals surface area contributed by atoms with E-state index in [2.05, 4.69) is 36.2 Å². The van der Waals surface area contributed by atoms with Crippen LogP contribution in [0.25, 0.3) is 33.3 Å². The average molecular weight is 577 g/mol. The summed E-state index contributed by atoms with van der Waals surface area (Å²) in [6.07, 6.45) is 8.72. The van der Waals surface area contributed by atoms with Gasteiger partial charge in [-0.3, -0.25) is 9.78 Å². The number of carbonyl (C=O) groups excluding carboxylic acids is 2. The molecular weight excluding hydrogens is 544 g/mol. The van der Waals surface area contributed by atoms with Gasteiger partial charge in [0.2, 0.25) is 0 Å². The Kier molecular flexibility index (Phi) is 7.61. The van der Waals surface area contributed by atoms with Crippen molar-refractivity contribution in [3.05, 3.63) is 85.1 Å². The molecule has 2 aromatic carbocycles. The third-order valence-electron chi connectivity index (χ3n) is 7.60. The van der Waals surface area contributed by atoms with Gasteiger partial charge in [0, 0.05) is 87.1 Å². The van der Waals surface area contributed by atoms with Crippen LogP contribution in [0.3, 0.4) is 0 Å². The molecule has 218 valence electrons. The van der Waals surface area contributed by atoms with Gasteiger partial charge in [-0.2, -0.15) is 0 Å². The number of benzene rings is 2. The molecule has 0 saturated carbocycles. The molecule has 0 bridgehead atoms. The van der Waals surface area contributed by atoms with Gasteiger partial charge in [0.1, 0.15) is 17.2 Å². The number of H-pyrrole nitrogens is 1. The lowest BCUT2D eigenvalue weighted by Crippen LogP contribution is -2.50. The quantitative estimate of drug-likeness (QED) is 0.299. The van der Waals surface area contributed by atoms with Gasteiger partial charge in [-0.1, -0.05) is 24.3 Å². The SMILES string of the molecule is COc1ccccc1-c1c[nH]c2ncc(-c3ccc(NC(=O)N4CCN(c5cnccn5)CC4)c(C(=O)N(C)C)c3)cc12. The summed E-state index contributed by atoms with van der Waals surface area (Å²) in [6, 6.07) is 15.1. The number of pyridine rings is 1. The van der Waals surface area contributed by atoms with Crippen LogP contribution in [0.15, 0.2) is 79.5 Å². The highest BCUT2D eigenvalue weighted by atomic mass is 16.5. The number of aromatic nitrogens is 4. The number of rotatable bonds is 6. The first-order valence-electron chi connectivity index (χ1n) is 14.0. The lowest BCUT2D eigenvalue weighted by molar-refractivity contribution is 0.0828. The highest BCUT2D eigenvalue weighted by Gasteiger charge is 2.24. The second-order valence-corrected chi connectivity index (χ2v) is 10.5. The van der Waals surface area contributed by atoms with Crippen LogP contribution < -0.4 is 15.0 Å². The van der Waals surface area contributed by atoms with E-state index in [-0.39, 0.29) is 11.9 Å². The first-order valence-corrected chi connectivity index (χ1v) is 14.0. The molecule has 1 aliphatic rings. The fourth-order valence-corrected chi connectivity index (χ4v) is 5.29. The van der Waals surface area contributed by atoms with Gasteiger partial charge in [0.25, 0.3) is 5.91 Å². The van der Waals surface area contributed by atoms with Crippen molar-refractivity contribution in [3.63, 3.8) is 0 Å². The third-order valence-corrected chi connectivity index (χ3v) is 7.60. The van der Waals surface area contributed by atoms with E-state index in [1.807, 2.05) is 42.6 Å². The van der Waals surface area contributed by atoms with Crippen LogP contribution in [0, 0.1) is 0 Å². The number of piperazine rings is 1. The summed E-state index contributed by atoms with van der Waals surface area (Å²) in [7, 11) is 5.04. The second-order valence-electron chi connectivity index (χ2n) is 10.5. The molecule has 5 aromatic rings. The number of nitrogens with one attached hydrogen (secondary N) is 2. The molecule has 3 amide bonds. The molecule has 1 fully saturated rings. The Morgan fingerprint density at radius 1 is 0.930 bits per heavy atom. The monoisotopic (exact) mass is 576 g/mol. The number of aromatic amines is 1. The Morgan fingerprint density at radius 3 is 2.49 bits per heavy atom. The number of anilines is 2. The fraction of sp³-hybridized carbons (Fsp3) is 0.219. The van der Waals surface area contributed by atoms with Crippen LogP contribution in [0.5, 0.6) is 5.75 Å². The second kappa shape index (κ2) is 11.8. The van der Waals surface area contributed by atoms with Gasteiger partial charge >= 0.3 is 6.03 Å². The zero-order valence-corrected chi connectivity index (χ0v) is 24.2. The Bertz CT molecular complexity index is 1780. The van der Waals surface area contributed by atoms with Crippen LogP contribution >= 0.6 is 0 Å². The van der Waals surface area contributed by atoms with Gasteiger partial charge < -0.3 is 29.7 Å². The van der Waals surface area contributed by atoms with E-state index in [0.29, 0.717) is 37.4 Å². The van der Waals surface area contributed by atoms with E-state index in [1.165, 1.54) is 4.90 Å². The first-order chi connectivity index (χ1) is 20.9. The molecule has 0 spiro atoms. The maximum Gasteiger partial charge on any atom is 0.321 e. The van der Waals surface area contributed by atoms with Gasteiger partial charge in [-0.15, -0.1) is 0 Å². The fourth-order valence-electron chi connectivity index (χ4n) is 5.29. The predicted octanol–water partition coefficient (Wildman–Crippen LogP) is 4.75. The Labute approximate surface area is 249 Å². The van der Waals surface area contributed by atoms with Crippen LogP contribution in [0.1, 0.15) is 10.4 Å². The van der Waals surface area contributed by atoms with Crippen molar-refractivity contribution in [3.8, 4) is 28.0 Å². The lowest BCUT2D eigenvalue weighted by atomic mass is 9.99. The number of hydrogen-bond donors (Lipinski definition) is 2. The van der Waals surface area contributed by atoms with Crippen molar-refractivity contribution >= 4 is 34.5 Å². The average Bonchev–Trinajstić information content (AvgIpc) is 3.48. The Hall–Kier alpha value is -5.45. The van der Waals surface area contributed by atoms with Crippen molar-refractivity contribution in [1.82, 2.24) is 29.7 Å². The van der Waals surface area contributed by atoms with Gasteiger partial charge in [0.05, 0.1) is 24.6 Å². The number of methoxy groups -OCH3 is 1. The minimum Gasteiger partial charge on any atom is -0.496 e. The molecular formula is C32H32N8O3. The molecule has 11 nitrogen and oxygen atoms in total. The normalized spacial score (nSPS) is 13.2. The maximum absolute atomic E-state index is 13.3. The summed E-state index contributed by atoms with van der Waals surface area (Å²) in [6.45, 7) is 2.32. The van der Waals surface area contributed by atoms with Gasteiger partial charge in [-0.25, -0.2) is 14.8 Å². The maximum atomic E-state index is 13.3. The lowest BCUT2D eigenvalue weighted by Gasteiger charge is -2.35. The molecule has 4 heterocycles. The molecule has 1 aliphatic heterocycles. The Morgan fingerprint density at radius 2 is 1.74 bits per heavy atom. The summed E-state index contributed by atoms with van der Waals surface area (Å²) in [5.41, 5.74) is 5.17. The highest BCUT2D eigenvalue weighted by Crippen LogP contribution is 2.36. The van der Waals surface area contributed by atoms with Crippen molar-refractivity contribution in [1.29, 1.82) is 0 Å². The van der Waals surface area contributed by atoms with Crippen LogP contribution in [-0.4, -0.2) is 89.1 Å². The topological polar surface area (TPSA) is 120 Å². The molecule has 6 rings (SSSR count). The van der Waals surface area contributed by atoms with E-state index in [0.717, 1.165) is 44.9 Å². The molecule has 1 saturated heterocycles. The third kappa shape index (κ3) is 5.56. The standard InChI is InChI=1S/C32H32N8O3/c1-38(2)31(41)25-16-21(22-17-24-26(19-36-30(24)35-18-22)23-6-4-5-7-28(23)43-3)8-9-27(25)37-32(42)40-14-12-39(13-15-40)29-20-33-10-11-34-29/h4-11,16-20H,12-15H2,1-3H3,(H,35,36)(H,37,42). The number of nitrogens with zero attached hydrogens (tertiary/aromatic N) is 6. The van der Waals surface area contributed by atoms with E-state index >= 15 is 0 Å². The van der Waals surface area contributed by atoms with Crippen molar-refractivity contribution < 1.29 is 14.3 Å². The van der Waals surface area contributed by atoms with E-state index in [9.17, 15) is 9.59 Å². The first kappa shape index (κ1) is 27.7. The predicted molar refractivity (Wildman–Crippen MR) is 166 cm³/mol. The zero-order valence-electron chi connectivity index (χ0n) is 24.2. The molecule has 43 heavy (non-hydrogen) atoms. The molecule has 11 heteroatoms. The van der Waals surface area contributed by atoms with Gasteiger partial charge in [0.15, 0.2) is 0 Å². The minimum absolute atomic E-state index is 0.213. The summed E-state index contributed by atoms with van der Waals surface area (Å²) in [5.74, 6) is 1.34. The molecule has 3 aromatic heterocycles. The number of fused-ring (bicyclic) bond motifs is 1. The van der Waals surface area contributed by atoms with Crippen LogP contribution in [0.4, 0.5) is 16.3 Å². The van der Waals surface area contributed by atoms with Crippen molar-refractivity contribution in [2.24, 2.45) is 0 Å². The molecule has 0 unspecified atom stereocenters. The van der Waals surface area contributed by atoms with Crippen molar-refractivity contribution in [2.75, 3.05) is 57.6 Å². The summed E-state index contributed by atoms with van der Waals surface area (Å²) < 4.78 is 5.59. The molecule has 0 atom stereocenters. The zero-order chi connectivity index (χ0) is 29.9. The number of ether oxygens (including phenoxy) is 1. The number of hydrogen-bond acceptors (Lipinski definition) is 7. The van der Waals surface area contributed by atoms with Crippen molar-refractivity contribution in [2.45, 2.75) is 0 Å². The number of para-hydroxylation sites is 1. The minimum atomic E-state index is -0.254. The number of urea groups is 1. The Balaban J connectivity index is 1.27. The van der Waals surface area contributed by atoms with Crippen LogP contribution in [0.2, 0.25) is 0 Å². The van der Waals surface area contributed by atoms with E-state index in [1.54, 1.807) is 57.0 Å². The largest absolute Gasteiger partial charge is 0.496 e. The number of carbonyl (C=O) groups is 2. The molecule has 0 aliphatic carbocycles. The van der Waals surface area contributed by atoms with E-state index < -0.39 is 0 Å². The summed E-state index contributed by atoms with van der Waals surface area (Å²) in [5, 5.41) is 3.91. The highest BCUT2D eigenvalue weighted by molar-refractivity contribution is 6.05. The molecule has 2 N–H and O–H groups in total. The molecule has 0 radical (unpaired) electrons. The van der Waals surface area contributed by atoms with Crippen LogP contribution in [-0.2, 0) is 0 Å². The summed E-state index contributed by atoms with van der Waals surface area (Å²) in [4.78, 5) is 48.3. The van der Waals surface area contributed by atoms with Gasteiger partial charge in [-0.05, 0) is 29.8 Å². The summed E-state index contributed by atoms with van der Waals surface area (Å²) >= 11 is 0. The van der Waals surface area contributed by atoms with E-state index in [4.69, 9.17) is 4.74 Å². The smallest absolute Gasteiger partial charge is 0.321 e. The number of amides is 3.